The Morgan fingerprint density at radius 3 is 2.41 bits per heavy atom. The van der Waals surface area contributed by atoms with Crippen molar-refractivity contribution < 1.29 is 17.9 Å². The van der Waals surface area contributed by atoms with Crippen LogP contribution in [0.25, 0.3) is 0 Å². The van der Waals surface area contributed by atoms with E-state index in [9.17, 15) is 13.2 Å². The van der Waals surface area contributed by atoms with Gasteiger partial charge < -0.3 is 15.4 Å². The number of hydrogen-bond acceptors (Lipinski definition) is 5. The zero-order valence-electron chi connectivity index (χ0n) is 19.7. The van der Waals surface area contributed by atoms with Gasteiger partial charge >= 0.3 is 6.18 Å². The summed E-state index contributed by atoms with van der Waals surface area (Å²) in [5.74, 6) is 0.859. The van der Waals surface area contributed by atoms with Gasteiger partial charge in [0.1, 0.15) is 17.1 Å². The van der Waals surface area contributed by atoms with E-state index in [4.69, 9.17) is 4.74 Å². The summed E-state index contributed by atoms with van der Waals surface area (Å²) in [7, 11) is 0. The van der Waals surface area contributed by atoms with Gasteiger partial charge in [-0.15, -0.1) is 0 Å². The van der Waals surface area contributed by atoms with E-state index in [1.54, 1.807) is 24.3 Å². The number of anilines is 4. The Morgan fingerprint density at radius 2 is 1.74 bits per heavy atom. The summed E-state index contributed by atoms with van der Waals surface area (Å²) in [5, 5.41) is 5.77. The molecular formula is C26H31F3N4O. The largest absolute Gasteiger partial charge is 0.494 e. The van der Waals surface area contributed by atoms with E-state index in [0.717, 1.165) is 31.9 Å². The van der Waals surface area contributed by atoms with Gasteiger partial charge in [0.25, 0.3) is 0 Å². The lowest BCUT2D eigenvalue weighted by Gasteiger charge is -2.15. The standard InChI is InChI=1S/C26H31F3N4O/c1-4-5-6-14-34-22-9-7-8-21(16-22)31-24-23(26(27,28)29)17-30-25(33-24)32-20-12-10-19(11-13-20)15-18(2)3/h7-13,16-18H,4-6,14-15H2,1-3H3,(H2,30,31,32,33). The first-order chi connectivity index (χ1) is 16.2. The van der Waals surface area contributed by atoms with Crippen molar-refractivity contribution in [2.45, 2.75) is 52.6 Å². The highest BCUT2D eigenvalue weighted by Gasteiger charge is 2.35. The highest BCUT2D eigenvalue weighted by molar-refractivity contribution is 5.64. The molecule has 0 saturated carbocycles. The second-order valence-electron chi connectivity index (χ2n) is 8.58. The highest BCUT2D eigenvalue weighted by Crippen LogP contribution is 2.35. The van der Waals surface area contributed by atoms with Crippen molar-refractivity contribution in [1.29, 1.82) is 0 Å². The van der Waals surface area contributed by atoms with Crippen molar-refractivity contribution in [3.05, 3.63) is 65.9 Å². The van der Waals surface area contributed by atoms with Gasteiger partial charge in [-0.3, -0.25) is 0 Å². The fourth-order valence-corrected chi connectivity index (χ4v) is 3.41. The fraction of sp³-hybridized carbons (Fsp3) is 0.385. The molecule has 1 aromatic heterocycles. The first-order valence-electron chi connectivity index (χ1n) is 11.5. The van der Waals surface area contributed by atoms with Crippen molar-refractivity contribution in [3.8, 4) is 5.75 Å². The molecule has 0 atom stereocenters. The molecule has 0 saturated heterocycles. The molecule has 34 heavy (non-hydrogen) atoms. The van der Waals surface area contributed by atoms with Crippen LogP contribution in [0.2, 0.25) is 0 Å². The first-order valence-corrected chi connectivity index (χ1v) is 11.5. The molecule has 0 unspecified atom stereocenters. The summed E-state index contributed by atoms with van der Waals surface area (Å²) in [6.07, 6.45) is 0.198. The Hall–Kier alpha value is -3.29. The van der Waals surface area contributed by atoms with Crippen LogP contribution in [0.5, 0.6) is 5.75 Å². The van der Waals surface area contributed by atoms with Crippen LogP contribution >= 0.6 is 0 Å². The number of aromatic nitrogens is 2. The third-order valence-corrected chi connectivity index (χ3v) is 5.06. The Balaban J connectivity index is 1.78. The SMILES string of the molecule is CCCCCOc1cccc(Nc2nc(Nc3ccc(CC(C)C)cc3)ncc2C(F)(F)F)c1. The number of nitrogens with one attached hydrogen (secondary N) is 2. The summed E-state index contributed by atoms with van der Waals surface area (Å²) in [6, 6.07) is 14.5. The molecule has 0 spiro atoms. The quantitative estimate of drug-likeness (QED) is 0.279. The predicted octanol–water partition coefficient (Wildman–Crippen LogP) is 7.75. The van der Waals surface area contributed by atoms with Crippen LogP contribution in [0.3, 0.4) is 0 Å². The number of hydrogen-bond donors (Lipinski definition) is 2. The maximum absolute atomic E-state index is 13.6. The molecule has 0 amide bonds. The molecule has 0 aliphatic heterocycles. The minimum Gasteiger partial charge on any atom is -0.494 e. The monoisotopic (exact) mass is 472 g/mol. The van der Waals surface area contributed by atoms with Crippen LogP contribution in [-0.4, -0.2) is 16.6 Å². The van der Waals surface area contributed by atoms with E-state index >= 15 is 0 Å². The number of unbranched alkanes of at least 4 members (excludes halogenated alkanes) is 2. The van der Waals surface area contributed by atoms with Crippen LogP contribution in [-0.2, 0) is 12.6 Å². The van der Waals surface area contributed by atoms with E-state index < -0.39 is 11.7 Å². The van der Waals surface area contributed by atoms with Gasteiger partial charge in [-0.05, 0) is 48.6 Å². The average molecular weight is 473 g/mol. The number of benzene rings is 2. The van der Waals surface area contributed by atoms with Gasteiger partial charge in [-0.2, -0.15) is 18.2 Å². The average Bonchev–Trinajstić information content (AvgIpc) is 2.77. The molecule has 182 valence electrons. The van der Waals surface area contributed by atoms with Gasteiger partial charge in [0.15, 0.2) is 0 Å². The molecule has 0 bridgehead atoms. The van der Waals surface area contributed by atoms with Crippen molar-refractivity contribution in [2.24, 2.45) is 5.92 Å². The van der Waals surface area contributed by atoms with Crippen LogP contribution in [0, 0.1) is 5.92 Å². The summed E-state index contributed by atoms with van der Waals surface area (Å²) in [4.78, 5) is 8.00. The lowest BCUT2D eigenvalue weighted by molar-refractivity contribution is -0.137. The number of halogens is 3. The molecular weight excluding hydrogens is 441 g/mol. The van der Waals surface area contributed by atoms with Crippen molar-refractivity contribution in [3.63, 3.8) is 0 Å². The smallest absolute Gasteiger partial charge is 0.421 e. The normalized spacial score (nSPS) is 11.5. The van der Waals surface area contributed by atoms with Crippen molar-refractivity contribution in [2.75, 3.05) is 17.2 Å². The third kappa shape index (κ3) is 7.64. The van der Waals surface area contributed by atoms with E-state index in [1.165, 1.54) is 5.56 Å². The summed E-state index contributed by atoms with van der Waals surface area (Å²) < 4.78 is 46.5. The molecule has 2 N–H and O–H groups in total. The number of nitrogens with zero attached hydrogens (tertiary/aromatic N) is 2. The predicted molar refractivity (Wildman–Crippen MR) is 130 cm³/mol. The third-order valence-electron chi connectivity index (χ3n) is 5.06. The first kappa shape index (κ1) is 25.3. The van der Waals surface area contributed by atoms with E-state index in [1.807, 2.05) is 24.3 Å². The zero-order chi connectivity index (χ0) is 24.6. The minimum absolute atomic E-state index is 0.0686. The Bertz CT molecular complexity index is 1050. The summed E-state index contributed by atoms with van der Waals surface area (Å²) in [5.41, 5.74) is 1.38. The zero-order valence-corrected chi connectivity index (χ0v) is 19.7. The molecule has 0 fully saturated rings. The summed E-state index contributed by atoms with van der Waals surface area (Å²) in [6.45, 7) is 6.95. The molecule has 3 rings (SSSR count). The molecule has 3 aromatic rings. The molecule has 0 aliphatic rings. The van der Waals surface area contributed by atoms with Crippen LogP contribution in [0.1, 0.15) is 51.2 Å². The maximum Gasteiger partial charge on any atom is 0.421 e. The van der Waals surface area contributed by atoms with Gasteiger partial charge in [-0.1, -0.05) is 51.8 Å². The van der Waals surface area contributed by atoms with Gasteiger partial charge in [0.2, 0.25) is 5.95 Å². The second kappa shape index (κ2) is 11.7. The van der Waals surface area contributed by atoms with Gasteiger partial charge in [-0.25, -0.2) is 4.98 Å². The van der Waals surface area contributed by atoms with Crippen LogP contribution in [0.15, 0.2) is 54.7 Å². The minimum atomic E-state index is -4.60. The van der Waals surface area contributed by atoms with E-state index in [-0.39, 0.29) is 11.8 Å². The molecule has 0 radical (unpaired) electrons. The molecule has 8 heteroatoms. The Morgan fingerprint density at radius 1 is 0.971 bits per heavy atom. The van der Waals surface area contributed by atoms with Crippen molar-refractivity contribution >= 4 is 23.1 Å². The van der Waals surface area contributed by atoms with Crippen LogP contribution in [0.4, 0.5) is 36.3 Å². The van der Waals surface area contributed by atoms with E-state index in [2.05, 4.69) is 41.4 Å². The topological polar surface area (TPSA) is 59.1 Å². The van der Waals surface area contributed by atoms with Gasteiger partial charge in [0, 0.05) is 23.6 Å². The lowest BCUT2D eigenvalue weighted by Crippen LogP contribution is -2.12. The highest BCUT2D eigenvalue weighted by atomic mass is 19.4. The van der Waals surface area contributed by atoms with Crippen molar-refractivity contribution in [1.82, 2.24) is 9.97 Å². The van der Waals surface area contributed by atoms with Crippen LogP contribution < -0.4 is 15.4 Å². The number of rotatable bonds is 11. The molecule has 0 aliphatic carbocycles. The Kier molecular flexibility index (Phi) is 8.73. The maximum atomic E-state index is 13.6. The fourth-order valence-electron chi connectivity index (χ4n) is 3.41. The lowest BCUT2D eigenvalue weighted by atomic mass is 10.0. The molecule has 5 nitrogen and oxygen atoms in total. The summed E-state index contributed by atoms with van der Waals surface area (Å²) >= 11 is 0. The molecule has 1 heterocycles. The molecule has 2 aromatic carbocycles. The number of alkyl halides is 3. The second-order valence-corrected chi connectivity index (χ2v) is 8.58. The van der Waals surface area contributed by atoms with E-state index in [0.29, 0.717) is 29.6 Å². The number of ether oxygens (including phenoxy) is 1. The van der Waals surface area contributed by atoms with Gasteiger partial charge in [0.05, 0.1) is 6.61 Å². The Labute approximate surface area is 198 Å².